The van der Waals surface area contributed by atoms with Crippen LogP contribution >= 0.6 is 15.9 Å². The molecule has 0 aromatic heterocycles. The molecule has 1 unspecified atom stereocenters. The van der Waals surface area contributed by atoms with E-state index in [9.17, 15) is 8.42 Å². The van der Waals surface area contributed by atoms with Gasteiger partial charge in [0.25, 0.3) is 0 Å². The Balaban J connectivity index is 2.59. The minimum atomic E-state index is -3.14. The lowest BCUT2D eigenvalue weighted by atomic mass is 9.98. The Morgan fingerprint density at radius 2 is 2.20 bits per heavy atom. The van der Waals surface area contributed by atoms with Crippen molar-refractivity contribution >= 4 is 25.8 Å². The van der Waals surface area contributed by atoms with Gasteiger partial charge in [-0.25, -0.2) is 8.42 Å². The molecule has 2 rings (SSSR count). The maximum Gasteiger partial charge on any atom is 0.179 e. The second-order valence-electron chi connectivity index (χ2n) is 3.64. The second kappa shape index (κ2) is 3.88. The van der Waals surface area contributed by atoms with Gasteiger partial charge in [-0.15, -0.1) is 0 Å². The summed E-state index contributed by atoms with van der Waals surface area (Å²) in [6, 6.07) is 5.19. The Labute approximate surface area is 97.2 Å². The Morgan fingerprint density at radius 3 is 2.87 bits per heavy atom. The number of benzene rings is 1. The minimum absolute atomic E-state index is 0.0148. The third kappa shape index (κ3) is 1.84. The molecule has 3 nitrogen and oxygen atoms in total. The van der Waals surface area contributed by atoms with E-state index in [1.165, 1.54) is 0 Å². The van der Waals surface area contributed by atoms with Crippen molar-refractivity contribution < 1.29 is 13.5 Å². The smallest absolute Gasteiger partial charge is 0.179 e. The van der Waals surface area contributed by atoms with Crippen molar-refractivity contribution in [2.24, 2.45) is 0 Å². The molecule has 1 aromatic rings. The summed E-state index contributed by atoms with van der Waals surface area (Å²) in [5, 5.41) is 8.90. The predicted molar refractivity (Wildman–Crippen MR) is 60.6 cm³/mol. The summed E-state index contributed by atoms with van der Waals surface area (Å²) in [4.78, 5) is 0.412. The molecule has 0 aliphatic carbocycles. The zero-order chi connectivity index (χ0) is 11.1. The van der Waals surface area contributed by atoms with Crippen LogP contribution in [0.3, 0.4) is 0 Å². The molecule has 1 aromatic carbocycles. The van der Waals surface area contributed by atoms with Crippen LogP contribution in [0.15, 0.2) is 27.6 Å². The van der Waals surface area contributed by atoms with E-state index < -0.39 is 9.84 Å². The Bertz CT molecular complexity index is 481. The molecule has 1 aliphatic heterocycles. The number of fused-ring (bicyclic) bond motifs is 1. The lowest BCUT2D eigenvalue weighted by Gasteiger charge is -2.08. The zero-order valence-corrected chi connectivity index (χ0v) is 10.4. The first kappa shape index (κ1) is 11.1. The normalized spacial score (nSPS) is 22.7. The monoisotopic (exact) mass is 290 g/mol. The van der Waals surface area contributed by atoms with Gasteiger partial charge in [0, 0.05) is 17.0 Å². The molecule has 0 radical (unpaired) electrons. The average Bonchev–Trinajstić information content (AvgIpc) is 2.41. The molecule has 0 spiro atoms. The molecule has 0 saturated heterocycles. The predicted octanol–water partition coefficient (Wildman–Crippen LogP) is 1.70. The van der Waals surface area contributed by atoms with Crippen LogP contribution in [0.4, 0.5) is 0 Å². The zero-order valence-electron chi connectivity index (χ0n) is 7.98. The first-order valence-corrected chi connectivity index (χ1v) is 7.13. The molecule has 0 fully saturated rings. The fraction of sp³-hybridized carbons (Fsp3) is 0.400. The van der Waals surface area contributed by atoms with E-state index in [0.29, 0.717) is 11.3 Å². The van der Waals surface area contributed by atoms with Gasteiger partial charge in [-0.3, -0.25) is 0 Å². The van der Waals surface area contributed by atoms with Crippen molar-refractivity contribution in [3.63, 3.8) is 0 Å². The highest BCUT2D eigenvalue weighted by molar-refractivity contribution is 9.10. The number of rotatable bonds is 2. The molecule has 0 bridgehead atoms. The number of hydrogen-bond acceptors (Lipinski definition) is 3. The SMILES string of the molecule is O=S1(=O)CC(CCO)c2c(Br)cccc21. The van der Waals surface area contributed by atoms with Gasteiger partial charge >= 0.3 is 0 Å². The maximum absolute atomic E-state index is 11.8. The number of aliphatic hydroxyl groups excluding tert-OH is 1. The van der Waals surface area contributed by atoms with Crippen LogP contribution in [0, 0.1) is 0 Å². The fourth-order valence-corrected chi connectivity index (χ4v) is 4.77. The van der Waals surface area contributed by atoms with Gasteiger partial charge in [-0.1, -0.05) is 22.0 Å². The Hall–Kier alpha value is -0.390. The number of hydrogen-bond donors (Lipinski definition) is 1. The molecule has 1 atom stereocenters. The summed E-state index contributed by atoms with van der Waals surface area (Å²) in [6.45, 7) is 0.0148. The summed E-state index contributed by atoms with van der Waals surface area (Å²) in [5.41, 5.74) is 0.826. The molecular formula is C10H11BrO3S. The van der Waals surface area contributed by atoms with E-state index >= 15 is 0 Å². The first-order valence-electron chi connectivity index (χ1n) is 4.68. The standard InChI is InChI=1S/C10H11BrO3S/c11-8-2-1-3-9-10(8)7(4-5-12)6-15(9,13)14/h1-3,7,12H,4-6H2. The summed E-state index contributed by atoms with van der Waals surface area (Å²) in [6.07, 6.45) is 0.495. The molecule has 15 heavy (non-hydrogen) atoms. The van der Waals surface area contributed by atoms with Gasteiger partial charge in [0.2, 0.25) is 0 Å². The first-order chi connectivity index (χ1) is 7.06. The Kier molecular flexibility index (Phi) is 2.87. The van der Waals surface area contributed by atoms with Crippen LogP contribution < -0.4 is 0 Å². The third-order valence-electron chi connectivity index (χ3n) is 2.65. The van der Waals surface area contributed by atoms with Crippen LogP contribution in [0.2, 0.25) is 0 Å². The van der Waals surface area contributed by atoms with E-state index in [4.69, 9.17) is 5.11 Å². The molecule has 82 valence electrons. The third-order valence-corrected chi connectivity index (χ3v) is 5.21. The molecule has 1 aliphatic rings. The molecular weight excluding hydrogens is 280 g/mol. The highest BCUT2D eigenvalue weighted by atomic mass is 79.9. The minimum Gasteiger partial charge on any atom is -0.396 e. The maximum atomic E-state index is 11.8. The van der Waals surface area contributed by atoms with Crippen LogP contribution in [0.5, 0.6) is 0 Å². The topological polar surface area (TPSA) is 54.4 Å². The van der Waals surface area contributed by atoms with Crippen LogP contribution in [0.25, 0.3) is 0 Å². The van der Waals surface area contributed by atoms with Crippen LogP contribution in [0.1, 0.15) is 17.9 Å². The van der Waals surface area contributed by atoms with E-state index in [0.717, 1.165) is 10.0 Å². The summed E-state index contributed by atoms with van der Waals surface area (Å²) in [5.74, 6) is 0.0384. The van der Waals surface area contributed by atoms with Crippen molar-refractivity contribution in [1.29, 1.82) is 0 Å². The van der Waals surface area contributed by atoms with E-state index in [-0.39, 0.29) is 18.3 Å². The summed E-state index contributed by atoms with van der Waals surface area (Å²) < 4.78 is 24.4. The van der Waals surface area contributed by atoms with Gasteiger partial charge < -0.3 is 5.11 Å². The number of aliphatic hydroxyl groups is 1. The lowest BCUT2D eigenvalue weighted by Crippen LogP contribution is -2.05. The molecule has 0 saturated carbocycles. The molecule has 5 heteroatoms. The molecule has 1 heterocycles. The summed E-state index contributed by atoms with van der Waals surface area (Å²) in [7, 11) is -3.14. The lowest BCUT2D eigenvalue weighted by molar-refractivity contribution is 0.279. The molecule has 1 N–H and O–H groups in total. The van der Waals surface area contributed by atoms with Crippen LogP contribution in [-0.2, 0) is 9.84 Å². The molecule has 0 amide bonds. The van der Waals surface area contributed by atoms with Gasteiger partial charge in [-0.2, -0.15) is 0 Å². The number of sulfone groups is 1. The highest BCUT2D eigenvalue weighted by Gasteiger charge is 2.35. The van der Waals surface area contributed by atoms with E-state index in [2.05, 4.69) is 15.9 Å². The van der Waals surface area contributed by atoms with E-state index in [1.807, 2.05) is 6.07 Å². The van der Waals surface area contributed by atoms with Crippen molar-refractivity contribution in [3.8, 4) is 0 Å². The average molecular weight is 291 g/mol. The Morgan fingerprint density at radius 1 is 1.47 bits per heavy atom. The van der Waals surface area contributed by atoms with Crippen molar-refractivity contribution in [3.05, 3.63) is 28.2 Å². The quantitative estimate of drug-likeness (QED) is 0.902. The van der Waals surface area contributed by atoms with E-state index in [1.54, 1.807) is 12.1 Å². The van der Waals surface area contributed by atoms with Crippen molar-refractivity contribution in [1.82, 2.24) is 0 Å². The summed E-state index contributed by atoms with van der Waals surface area (Å²) >= 11 is 3.36. The van der Waals surface area contributed by atoms with Crippen molar-refractivity contribution in [2.75, 3.05) is 12.4 Å². The highest BCUT2D eigenvalue weighted by Crippen LogP contribution is 2.40. The van der Waals surface area contributed by atoms with Gasteiger partial charge in [-0.05, 0) is 24.1 Å². The van der Waals surface area contributed by atoms with Gasteiger partial charge in [0.05, 0.1) is 10.6 Å². The van der Waals surface area contributed by atoms with Crippen LogP contribution in [-0.4, -0.2) is 25.9 Å². The van der Waals surface area contributed by atoms with Gasteiger partial charge in [0.15, 0.2) is 9.84 Å². The van der Waals surface area contributed by atoms with Gasteiger partial charge in [0.1, 0.15) is 0 Å². The van der Waals surface area contributed by atoms with Crippen molar-refractivity contribution in [2.45, 2.75) is 17.2 Å². The second-order valence-corrected chi connectivity index (χ2v) is 6.50. The number of halogens is 1. The fourth-order valence-electron chi connectivity index (χ4n) is 2.01. The largest absolute Gasteiger partial charge is 0.396 e.